The molecule has 0 saturated carbocycles. The van der Waals surface area contributed by atoms with E-state index in [0.717, 1.165) is 6.07 Å². The average Bonchev–Trinajstić information content (AvgIpc) is 2.24. The van der Waals surface area contributed by atoms with Crippen LogP contribution in [0, 0.1) is 5.82 Å². The average molecular weight is 268 g/mol. The summed E-state index contributed by atoms with van der Waals surface area (Å²) in [7, 11) is 0. The van der Waals surface area contributed by atoms with Crippen molar-refractivity contribution in [3.05, 3.63) is 35.1 Å². The highest BCUT2D eigenvalue weighted by Gasteiger charge is 2.16. The minimum Gasteiger partial charge on any atom is -0.444 e. The third-order valence-corrected chi connectivity index (χ3v) is 2.16. The minimum absolute atomic E-state index is 0.0352. The summed E-state index contributed by atoms with van der Waals surface area (Å²) >= 11 is 0. The molecule has 0 fully saturated rings. The van der Waals surface area contributed by atoms with E-state index in [2.05, 4.69) is 5.32 Å². The molecule has 0 aliphatic carbocycles. The zero-order valence-electron chi connectivity index (χ0n) is 11.1. The molecule has 0 atom stereocenters. The van der Waals surface area contributed by atoms with Crippen LogP contribution in [-0.2, 0) is 11.3 Å². The first-order valence-electron chi connectivity index (χ1n) is 5.74. The zero-order valence-corrected chi connectivity index (χ0v) is 11.1. The maximum atomic E-state index is 13.0. The van der Waals surface area contributed by atoms with Crippen LogP contribution in [0.1, 0.15) is 36.7 Å². The van der Waals surface area contributed by atoms with Crippen molar-refractivity contribution in [2.75, 3.05) is 0 Å². The number of alkyl carbamates (subject to hydrolysis) is 1. The van der Waals surface area contributed by atoms with Crippen molar-refractivity contribution in [1.82, 2.24) is 5.32 Å². The monoisotopic (exact) mass is 268 g/mol. The van der Waals surface area contributed by atoms with E-state index in [0.29, 0.717) is 5.56 Å². The van der Waals surface area contributed by atoms with E-state index in [-0.39, 0.29) is 12.1 Å². The Bertz CT molecular complexity index is 495. The molecule has 0 bridgehead atoms. The normalized spacial score (nSPS) is 10.9. The van der Waals surface area contributed by atoms with Crippen LogP contribution in [-0.4, -0.2) is 17.6 Å². The number of halogens is 1. The standard InChI is InChI=1S/C13H17FN2O3/c1-13(2,3)19-12(18)16-7-8-4-5-9(14)6-10(8)11(15)17/h4-6H,7H2,1-3H3,(H2,15,17)(H,16,18). The van der Waals surface area contributed by atoms with E-state index < -0.39 is 23.4 Å². The van der Waals surface area contributed by atoms with Gasteiger partial charge >= 0.3 is 6.09 Å². The lowest BCUT2D eigenvalue weighted by Crippen LogP contribution is -2.32. The Labute approximate surface area is 110 Å². The maximum absolute atomic E-state index is 13.0. The topological polar surface area (TPSA) is 81.4 Å². The van der Waals surface area contributed by atoms with Gasteiger partial charge < -0.3 is 15.8 Å². The molecule has 104 valence electrons. The number of rotatable bonds is 3. The number of nitrogens with one attached hydrogen (secondary N) is 1. The van der Waals surface area contributed by atoms with Crippen molar-refractivity contribution >= 4 is 12.0 Å². The molecule has 1 aromatic carbocycles. The van der Waals surface area contributed by atoms with Crippen LogP contribution >= 0.6 is 0 Å². The van der Waals surface area contributed by atoms with E-state index >= 15 is 0 Å². The number of carbonyl (C=O) groups is 2. The van der Waals surface area contributed by atoms with Crippen molar-refractivity contribution in [1.29, 1.82) is 0 Å². The third-order valence-electron chi connectivity index (χ3n) is 2.16. The molecule has 6 heteroatoms. The third kappa shape index (κ3) is 4.95. The van der Waals surface area contributed by atoms with Gasteiger partial charge in [-0.3, -0.25) is 4.79 Å². The molecule has 5 nitrogen and oxygen atoms in total. The molecule has 0 aromatic heterocycles. The van der Waals surface area contributed by atoms with Crippen LogP contribution in [0.2, 0.25) is 0 Å². The number of primary amides is 1. The number of nitrogens with two attached hydrogens (primary N) is 1. The molecule has 0 spiro atoms. The Hall–Kier alpha value is -2.11. The highest BCUT2D eigenvalue weighted by atomic mass is 19.1. The molecule has 1 rings (SSSR count). The summed E-state index contributed by atoms with van der Waals surface area (Å²) < 4.78 is 18.1. The van der Waals surface area contributed by atoms with Gasteiger partial charge in [0.1, 0.15) is 11.4 Å². The van der Waals surface area contributed by atoms with Gasteiger partial charge in [0.15, 0.2) is 0 Å². The Morgan fingerprint density at radius 2 is 2.00 bits per heavy atom. The molecule has 0 aliphatic rings. The molecule has 1 aromatic rings. The molecule has 0 heterocycles. The fraction of sp³-hybridized carbons (Fsp3) is 0.385. The molecule has 0 aliphatic heterocycles. The predicted octanol–water partition coefficient (Wildman–Crippen LogP) is 1.95. The Morgan fingerprint density at radius 1 is 1.37 bits per heavy atom. The van der Waals surface area contributed by atoms with E-state index in [4.69, 9.17) is 10.5 Å². The molecular weight excluding hydrogens is 251 g/mol. The van der Waals surface area contributed by atoms with Gasteiger partial charge in [0, 0.05) is 12.1 Å². The fourth-order valence-electron chi connectivity index (χ4n) is 1.41. The van der Waals surface area contributed by atoms with Gasteiger partial charge in [-0.2, -0.15) is 0 Å². The van der Waals surface area contributed by atoms with Crippen LogP contribution in [0.15, 0.2) is 18.2 Å². The smallest absolute Gasteiger partial charge is 0.407 e. The molecular formula is C13H17FN2O3. The number of hydrogen-bond donors (Lipinski definition) is 2. The van der Waals surface area contributed by atoms with Gasteiger partial charge in [-0.25, -0.2) is 9.18 Å². The first-order valence-corrected chi connectivity index (χ1v) is 5.74. The molecule has 2 amide bonds. The minimum atomic E-state index is -0.750. The number of carbonyl (C=O) groups excluding carboxylic acids is 2. The molecule has 19 heavy (non-hydrogen) atoms. The summed E-state index contributed by atoms with van der Waals surface area (Å²) in [6.45, 7) is 5.24. The second-order valence-electron chi connectivity index (χ2n) is 5.02. The van der Waals surface area contributed by atoms with Crippen LogP contribution in [0.4, 0.5) is 9.18 Å². The molecule has 0 radical (unpaired) electrons. The second-order valence-corrected chi connectivity index (χ2v) is 5.02. The largest absolute Gasteiger partial charge is 0.444 e. The van der Waals surface area contributed by atoms with Crippen LogP contribution in [0.25, 0.3) is 0 Å². The molecule has 3 N–H and O–H groups in total. The number of ether oxygens (including phenoxy) is 1. The van der Waals surface area contributed by atoms with Crippen LogP contribution in [0.3, 0.4) is 0 Å². The van der Waals surface area contributed by atoms with Crippen molar-refractivity contribution in [2.45, 2.75) is 32.9 Å². The van der Waals surface area contributed by atoms with E-state index in [1.54, 1.807) is 20.8 Å². The molecule has 0 unspecified atom stereocenters. The first kappa shape index (κ1) is 14.9. The second kappa shape index (κ2) is 5.69. The Kier molecular flexibility index (Phi) is 4.47. The van der Waals surface area contributed by atoms with Gasteiger partial charge in [0.05, 0.1) is 0 Å². The van der Waals surface area contributed by atoms with Gasteiger partial charge in [-0.1, -0.05) is 6.07 Å². The van der Waals surface area contributed by atoms with Crippen LogP contribution in [0.5, 0.6) is 0 Å². The number of hydrogen-bond acceptors (Lipinski definition) is 3. The summed E-state index contributed by atoms with van der Waals surface area (Å²) in [4.78, 5) is 22.6. The van der Waals surface area contributed by atoms with Crippen molar-refractivity contribution in [3.63, 3.8) is 0 Å². The predicted molar refractivity (Wildman–Crippen MR) is 68.0 cm³/mol. The van der Waals surface area contributed by atoms with E-state index in [9.17, 15) is 14.0 Å². The SMILES string of the molecule is CC(C)(C)OC(=O)NCc1ccc(F)cc1C(N)=O. The fourth-order valence-corrected chi connectivity index (χ4v) is 1.41. The number of benzene rings is 1. The Balaban J connectivity index is 2.73. The lowest BCUT2D eigenvalue weighted by Gasteiger charge is -2.20. The highest BCUT2D eigenvalue weighted by molar-refractivity contribution is 5.94. The lowest BCUT2D eigenvalue weighted by molar-refractivity contribution is 0.0523. The highest BCUT2D eigenvalue weighted by Crippen LogP contribution is 2.12. The maximum Gasteiger partial charge on any atom is 0.407 e. The molecule has 0 saturated heterocycles. The lowest BCUT2D eigenvalue weighted by atomic mass is 10.1. The summed E-state index contributed by atoms with van der Waals surface area (Å²) in [5.74, 6) is -1.31. The summed E-state index contributed by atoms with van der Waals surface area (Å²) in [5.41, 5.74) is 5.00. The van der Waals surface area contributed by atoms with Crippen LogP contribution < -0.4 is 11.1 Å². The van der Waals surface area contributed by atoms with Gasteiger partial charge in [-0.15, -0.1) is 0 Å². The van der Waals surface area contributed by atoms with Gasteiger partial charge in [-0.05, 0) is 38.5 Å². The van der Waals surface area contributed by atoms with Crippen molar-refractivity contribution < 1.29 is 18.7 Å². The zero-order chi connectivity index (χ0) is 14.6. The quantitative estimate of drug-likeness (QED) is 0.879. The summed E-state index contributed by atoms with van der Waals surface area (Å²) in [5, 5.41) is 2.48. The number of amides is 2. The van der Waals surface area contributed by atoms with Gasteiger partial charge in [0.25, 0.3) is 0 Å². The Morgan fingerprint density at radius 3 is 2.53 bits per heavy atom. The van der Waals surface area contributed by atoms with Crippen molar-refractivity contribution in [3.8, 4) is 0 Å². The van der Waals surface area contributed by atoms with E-state index in [1.165, 1.54) is 12.1 Å². The summed E-state index contributed by atoms with van der Waals surface area (Å²) in [6.07, 6.45) is -0.618. The van der Waals surface area contributed by atoms with Crippen molar-refractivity contribution in [2.24, 2.45) is 5.73 Å². The van der Waals surface area contributed by atoms with E-state index in [1.807, 2.05) is 0 Å². The van der Waals surface area contributed by atoms with Gasteiger partial charge in [0.2, 0.25) is 5.91 Å². The first-order chi connectivity index (χ1) is 8.69. The summed E-state index contributed by atoms with van der Waals surface area (Å²) in [6, 6.07) is 3.62.